The molecular formula is C12H21N3O3S. The predicted molar refractivity (Wildman–Crippen MR) is 71.1 cm³/mol. The fourth-order valence-corrected chi connectivity index (χ4v) is 3.83. The summed E-state index contributed by atoms with van der Waals surface area (Å²) in [4.78, 5) is 3.97. The minimum absolute atomic E-state index is 0.0109. The molecule has 1 saturated heterocycles. The van der Waals surface area contributed by atoms with Gasteiger partial charge in [0, 0.05) is 25.8 Å². The molecule has 2 unspecified atom stereocenters. The minimum atomic E-state index is -3.53. The van der Waals surface area contributed by atoms with Crippen LogP contribution < -0.4 is 0 Å². The molecule has 2 rings (SSSR count). The maximum atomic E-state index is 12.5. The lowest BCUT2D eigenvalue weighted by atomic mass is 9.94. The van der Waals surface area contributed by atoms with Gasteiger partial charge in [0.2, 0.25) is 0 Å². The number of rotatable bonds is 4. The molecule has 1 aliphatic rings. The van der Waals surface area contributed by atoms with E-state index in [1.54, 1.807) is 10.8 Å². The third-order valence-electron chi connectivity index (χ3n) is 3.76. The summed E-state index contributed by atoms with van der Waals surface area (Å²) in [5.41, 5.74) is 0. The summed E-state index contributed by atoms with van der Waals surface area (Å²) in [5.74, 6) is 0.0109. The van der Waals surface area contributed by atoms with Gasteiger partial charge in [0.1, 0.15) is 0 Å². The molecule has 0 amide bonds. The average molecular weight is 287 g/mol. The number of piperidine rings is 1. The summed E-state index contributed by atoms with van der Waals surface area (Å²) >= 11 is 0. The van der Waals surface area contributed by atoms with Crippen molar-refractivity contribution < 1.29 is 13.5 Å². The molecule has 0 saturated carbocycles. The van der Waals surface area contributed by atoms with E-state index in [2.05, 4.69) is 4.98 Å². The number of aryl methyl sites for hydroxylation is 1. The monoisotopic (exact) mass is 287 g/mol. The average Bonchev–Trinajstić information content (AvgIpc) is 2.88. The highest BCUT2D eigenvalue weighted by atomic mass is 32.2. The first kappa shape index (κ1) is 14.5. The molecule has 1 aliphatic heterocycles. The van der Waals surface area contributed by atoms with E-state index >= 15 is 0 Å². The molecule has 7 heteroatoms. The molecule has 0 aliphatic carbocycles. The number of aliphatic hydroxyl groups is 1. The number of sulfonamides is 1. The highest BCUT2D eigenvalue weighted by molar-refractivity contribution is 7.89. The lowest BCUT2D eigenvalue weighted by Gasteiger charge is -2.34. The molecule has 0 aromatic carbocycles. The van der Waals surface area contributed by atoms with Gasteiger partial charge < -0.3 is 9.67 Å². The van der Waals surface area contributed by atoms with Crippen molar-refractivity contribution in [1.29, 1.82) is 0 Å². The van der Waals surface area contributed by atoms with Gasteiger partial charge in [-0.25, -0.2) is 13.4 Å². The third-order valence-corrected chi connectivity index (χ3v) is 5.51. The zero-order chi connectivity index (χ0) is 14.0. The van der Waals surface area contributed by atoms with Crippen molar-refractivity contribution in [3.63, 3.8) is 0 Å². The van der Waals surface area contributed by atoms with E-state index in [0.717, 1.165) is 6.42 Å². The Balaban J connectivity index is 2.20. The predicted octanol–water partition coefficient (Wildman–Crippen LogP) is 0.684. The molecule has 1 aromatic rings. The Kier molecular flexibility index (Phi) is 4.27. The quantitative estimate of drug-likeness (QED) is 0.884. The summed E-state index contributed by atoms with van der Waals surface area (Å²) < 4.78 is 28.1. The van der Waals surface area contributed by atoms with Crippen molar-refractivity contribution in [1.82, 2.24) is 13.9 Å². The van der Waals surface area contributed by atoms with E-state index in [1.807, 2.05) is 13.8 Å². The number of nitrogens with zero attached hydrogens (tertiary/aromatic N) is 3. The van der Waals surface area contributed by atoms with E-state index in [4.69, 9.17) is 0 Å². The first-order chi connectivity index (χ1) is 8.98. The second kappa shape index (κ2) is 5.60. The Hall–Kier alpha value is -0.920. The summed E-state index contributed by atoms with van der Waals surface area (Å²) in [7, 11) is -3.53. The van der Waals surface area contributed by atoms with E-state index in [9.17, 15) is 13.5 Å². The second-order valence-corrected chi connectivity index (χ2v) is 6.81. The largest absolute Gasteiger partial charge is 0.393 e. The van der Waals surface area contributed by atoms with Crippen molar-refractivity contribution in [2.75, 3.05) is 13.1 Å². The zero-order valence-electron chi connectivity index (χ0n) is 11.4. The van der Waals surface area contributed by atoms with Crippen LogP contribution in [0.5, 0.6) is 0 Å². The Bertz CT molecular complexity index is 526. The maximum Gasteiger partial charge on any atom is 0.262 e. The van der Waals surface area contributed by atoms with Crippen LogP contribution in [0.25, 0.3) is 0 Å². The summed E-state index contributed by atoms with van der Waals surface area (Å²) in [6.07, 6.45) is 3.96. The summed E-state index contributed by atoms with van der Waals surface area (Å²) in [6.45, 7) is 5.33. The molecule has 0 spiro atoms. The maximum absolute atomic E-state index is 12.5. The highest BCUT2D eigenvalue weighted by Crippen LogP contribution is 2.24. The fraction of sp³-hybridized carbons (Fsp3) is 0.750. The van der Waals surface area contributed by atoms with Crippen LogP contribution in [0, 0.1) is 5.92 Å². The van der Waals surface area contributed by atoms with E-state index in [0.29, 0.717) is 26.1 Å². The Morgan fingerprint density at radius 1 is 1.47 bits per heavy atom. The van der Waals surface area contributed by atoms with Gasteiger partial charge in [-0.2, -0.15) is 4.31 Å². The van der Waals surface area contributed by atoms with Crippen LogP contribution in [0.3, 0.4) is 0 Å². The number of imidazole rings is 1. The van der Waals surface area contributed by atoms with Gasteiger partial charge in [-0.05, 0) is 25.7 Å². The number of aromatic nitrogens is 2. The van der Waals surface area contributed by atoms with Gasteiger partial charge in [0.25, 0.3) is 10.0 Å². The molecule has 19 heavy (non-hydrogen) atoms. The molecule has 2 atom stereocenters. The minimum Gasteiger partial charge on any atom is -0.393 e. The van der Waals surface area contributed by atoms with E-state index in [1.165, 1.54) is 10.6 Å². The first-order valence-corrected chi connectivity index (χ1v) is 8.13. The Labute approximate surface area is 114 Å². The number of aliphatic hydroxyl groups excluding tert-OH is 1. The molecule has 0 radical (unpaired) electrons. The van der Waals surface area contributed by atoms with Gasteiger partial charge in [0.15, 0.2) is 5.03 Å². The molecule has 1 aromatic heterocycles. The molecule has 2 heterocycles. The smallest absolute Gasteiger partial charge is 0.262 e. The molecule has 0 bridgehead atoms. The standard InChI is InChI=1S/C12H21N3O3S/c1-3-10-7-15(6-5-11(10)16)19(17,18)12-8-14(4-2)9-13-12/h8-11,16H,3-7H2,1-2H3. The van der Waals surface area contributed by atoms with E-state index in [-0.39, 0.29) is 10.9 Å². The lowest BCUT2D eigenvalue weighted by Crippen LogP contribution is -2.45. The van der Waals surface area contributed by atoms with Gasteiger partial charge >= 0.3 is 0 Å². The van der Waals surface area contributed by atoms with Crippen LogP contribution in [0.1, 0.15) is 26.7 Å². The number of hydrogen-bond acceptors (Lipinski definition) is 4. The topological polar surface area (TPSA) is 75.4 Å². The third kappa shape index (κ3) is 2.82. The molecule has 108 valence electrons. The van der Waals surface area contributed by atoms with Crippen molar-refractivity contribution in [3.05, 3.63) is 12.5 Å². The van der Waals surface area contributed by atoms with Gasteiger partial charge in [-0.15, -0.1) is 0 Å². The van der Waals surface area contributed by atoms with Crippen molar-refractivity contribution in [3.8, 4) is 0 Å². The molecule has 1 N–H and O–H groups in total. The summed E-state index contributed by atoms with van der Waals surface area (Å²) in [5, 5.41) is 9.92. The van der Waals surface area contributed by atoms with Crippen LogP contribution in [0.2, 0.25) is 0 Å². The van der Waals surface area contributed by atoms with Crippen LogP contribution in [-0.4, -0.2) is 46.6 Å². The molecule has 6 nitrogen and oxygen atoms in total. The summed E-state index contributed by atoms with van der Waals surface area (Å²) in [6, 6.07) is 0. The number of hydrogen-bond donors (Lipinski definition) is 1. The van der Waals surface area contributed by atoms with Crippen LogP contribution in [0.15, 0.2) is 17.6 Å². The Morgan fingerprint density at radius 2 is 2.21 bits per heavy atom. The molecular weight excluding hydrogens is 266 g/mol. The molecule has 1 fully saturated rings. The van der Waals surface area contributed by atoms with Gasteiger partial charge in [-0.3, -0.25) is 0 Å². The van der Waals surface area contributed by atoms with Crippen molar-refractivity contribution in [2.24, 2.45) is 5.92 Å². The zero-order valence-corrected chi connectivity index (χ0v) is 12.2. The first-order valence-electron chi connectivity index (χ1n) is 6.69. The van der Waals surface area contributed by atoms with Crippen LogP contribution >= 0.6 is 0 Å². The highest BCUT2D eigenvalue weighted by Gasteiger charge is 2.34. The van der Waals surface area contributed by atoms with Crippen molar-refractivity contribution in [2.45, 2.75) is 44.4 Å². The van der Waals surface area contributed by atoms with E-state index < -0.39 is 16.1 Å². The van der Waals surface area contributed by atoms with Crippen molar-refractivity contribution >= 4 is 10.0 Å². The van der Waals surface area contributed by atoms with Crippen LogP contribution in [-0.2, 0) is 16.6 Å². The Morgan fingerprint density at radius 3 is 2.79 bits per heavy atom. The fourth-order valence-electron chi connectivity index (χ4n) is 2.38. The second-order valence-electron chi connectivity index (χ2n) is 4.93. The lowest BCUT2D eigenvalue weighted by molar-refractivity contribution is 0.0520. The normalized spacial score (nSPS) is 25.6. The van der Waals surface area contributed by atoms with Gasteiger partial charge in [-0.1, -0.05) is 6.92 Å². The van der Waals surface area contributed by atoms with Gasteiger partial charge in [0.05, 0.1) is 12.4 Å². The SMILES string of the molecule is CCC1CN(S(=O)(=O)c2cn(CC)cn2)CCC1O. The van der Waals surface area contributed by atoms with Crippen LogP contribution in [0.4, 0.5) is 0 Å².